The van der Waals surface area contributed by atoms with Gasteiger partial charge in [0.05, 0.1) is 6.21 Å². The second-order valence-electron chi connectivity index (χ2n) is 6.74. The molecule has 1 atom stereocenters. The number of benzene rings is 1. The van der Waals surface area contributed by atoms with Crippen LogP contribution >= 0.6 is 0 Å². The summed E-state index contributed by atoms with van der Waals surface area (Å²) in [5.74, 6) is -0.0327. The van der Waals surface area contributed by atoms with Crippen molar-refractivity contribution >= 4 is 17.9 Å². The minimum atomic E-state index is -0.774. The third kappa shape index (κ3) is 3.63. The molecule has 0 fully saturated rings. The van der Waals surface area contributed by atoms with E-state index in [1.54, 1.807) is 6.07 Å². The Morgan fingerprint density at radius 2 is 2.26 bits per heavy atom. The quantitative estimate of drug-likeness (QED) is 0.660. The number of carbonyl (C=O) groups excluding carboxylic acids is 1. The molecule has 5 nitrogen and oxygen atoms in total. The number of primary amides is 1. The maximum Gasteiger partial charge on any atom is 0.332 e. The average molecular weight is 320 g/mol. The summed E-state index contributed by atoms with van der Waals surface area (Å²) in [6.45, 7) is 9.58. The Bertz CT molecular complexity index is 627. The zero-order valence-corrected chi connectivity index (χ0v) is 14.2. The molecule has 0 aromatic heterocycles. The Balaban J connectivity index is 2.44. The van der Waals surface area contributed by atoms with Crippen LogP contribution in [-0.2, 0) is 0 Å². The topological polar surface area (TPSA) is 70.7 Å². The summed E-state index contributed by atoms with van der Waals surface area (Å²) >= 11 is 0. The van der Waals surface area contributed by atoms with Crippen molar-refractivity contribution in [3.63, 3.8) is 0 Å². The first-order valence-electron chi connectivity index (χ1n) is 7.96. The second kappa shape index (κ2) is 6.56. The molecule has 2 rings (SSSR count). The van der Waals surface area contributed by atoms with E-state index in [2.05, 4.69) is 43.1 Å². The summed E-state index contributed by atoms with van der Waals surface area (Å²) in [4.78, 5) is 12.9. The van der Waals surface area contributed by atoms with Gasteiger partial charge in [-0.15, -0.1) is 0 Å². The molecule has 0 bridgehead atoms. The predicted octanol–water partition coefficient (Wildman–Crippen LogP) is 3.33. The van der Waals surface area contributed by atoms with Gasteiger partial charge < -0.3 is 10.6 Å². The molecule has 1 aliphatic rings. The number of hydrogen-bond donors (Lipinski definition) is 2. The normalized spacial score (nSPS) is 19.7. The number of urea groups is 1. The number of anilines is 1. The highest BCUT2D eigenvalue weighted by Crippen LogP contribution is 2.44. The molecule has 0 spiro atoms. The van der Waals surface area contributed by atoms with Gasteiger partial charge in [-0.2, -0.15) is 5.10 Å². The van der Waals surface area contributed by atoms with Gasteiger partial charge in [-0.05, 0) is 50.3 Å². The van der Waals surface area contributed by atoms with Gasteiger partial charge in [0.15, 0.2) is 0 Å². The molecule has 1 unspecified atom stereocenters. The van der Waals surface area contributed by atoms with Crippen molar-refractivity contribution in [1.82, 2.24) is 5.43 Å². The van der Waals surface area contributed by atoms with Gasteiger partial charge in [0.25, 0.3) is 0 Å². The number of fused-ring (bicyclic) bond motifs is 1. The lowest BCUT2D eigenvalue weighted by Crippen LogP contribution is -2.48. The minimum Gasteiger partial charge on any atom is -0.366 e. The number of hydrogen-bond acceptors (Lipinski definition) is 3. The number of hydrazone groups is 1. The van der Waals surface area contributed by atoms with E-state index < -0.39 is 6.03 Å². The third-order valence-corrected chi connectivity index (χ3v) is 4.33. The summed E-state index contributed by atoms with van der Waals surface area (Å²) in [7, 11) is 0. The highest BCUT2D eigenvalue weighted by Gasteiger charge is 2.36. The molecule has 3 N–H and O–H groups in total. The van der Waals surface area contributed by atoms with Gasteiger partial charge in [-0.3, -0.25) is 0 Å². The van der Waals surface area contributed by atoms with Crippen LogP contribution in [0.5, 0.6) is 0 Å². The molecule has 1 aromatic carbocycles. The summed E-state index contributed by atoms with van der Waals surface area (Å²) in [5.41, 5.74) is 9.44. The van der Waals surface area contributed by atoms with Crippen LogP contribution in [0.3, 0.4) is 0 Å². The van der Waals surface area contributed by atoms with Crippen LogP contribution in [0.15, 0.2) is 17.2 Å². The van der Waals surface area contributed by atoms with Crippen LogP contribution in [0.25, 0.3) is 0 Å². The number of carbonyl (C=O) groups is 1. The van der Waals surface area contributed by atoms with Gasteiger partial charge in [-0.1, -0.05) is 13.8 Å². The van der Waals surface area contributed by atoms with Crippen molar-refractivity contribution < 1.29 is 9.18 Å². The number of rotatable bonds is 4. The van der Waals surface area contributed by atoms with E-state index in [9.17, 15) is 9.18 Å². The first-order chi connectivity index (χ1) is 10.8. The van der Waals surface area contributed by atoms with Gasteiger partial charge in [0.2, 0.25) is 0 Å². The van der Waals surface area contributed by atoms with Crippen molar-refractivity contribution in [3.8, 4) is 0 Å². The summed E-state index contributed by atoms with van der Waals surface area (Å²) in [6.07, 6.45) is 3.30. The molecular weight excluding hydrogens is 295 g/mol. The molecule has 0 saturated carbocycles. The molecular formula is C17H25FN4O. The van der Waals surface area contributed by atoms with Crippen LogP contribution in [0.2, 0.25) is 0 Å². The maximum atomic E-state index is 14.4. The van der Waals surface area contributed by atoms with E-state index in [-0.39, 0.29) is 11.4 Å². The molecule has 0 saturated heterocycles. The van der Waals surface area contributed by atoms with E-state index in [1.807, 2.05) is 6.07 Å². The van der Waals surface area contributed by atoms with Crippen molar-refractivity contribution in [3.05, 3.63) is 29.1 Å². The monoisotopic (exact) mass is 320 g/mol. The van der Waals surface area contributed by atoms with E-state index in [4.69, 9.17) is 5.73 Å². The third-order valence-electron chi connectivity index (χ3n) is 4.33. The fourth-order valence-electron chi connectivity index (χ4n) is 3.43. The molecule has 6 heteroatoms. The Morgan fingerprint density at radius 1 is 1.57 bits per heavy atom. The van der Waals surface area contributed by atoms with Crippen molar-refractivity contribution in [2.45, 2.75) is 52.0 Å². The Morgan fingerprint density at radius 3 is 2.87 bits per heavy atom. The lowest BCUT2D eigenvalue weighted by atomic mass is 9.79. The fraction of sp³-hybridized carbons (Fsp3) is 0.529. The van der Waals surface area contributed by atoms with Crippen LogP contribution in [0.4, 0.5) is 14.9 Å². The number of nitrogens with zero attached hydrogens (tertiary/aromatic N) is 2. The van der Waals surface area contributed by atoms with Gasteiger partial charge in [0, 0.05) is 23.3 Å². The Kier molecular flexibility index (Phi) is 4.92. The highest BCUT2D eigenvalue weighted by atomic mass is 19.1. The average Bonchev–Trinajstić information content (AvgIpc) is 2.43. The summed E-state index contributed by atoms with van der Waals surface area (Å²) < 4.78 is 14.4. The first kappa shape index (κ1) is 17.2. The number of amides is 2. The Labute approximate surface area is 136 Å². The Hall–Kier alpha value is -2.11. The smallest absolute Gasteiger partial charge is 0.332 e. The van der Waals surface area contributed by atoms with Crippen molar-refractivity contribution in [2.24, 2.45) is 10.8 Å². The van der Waals surface area contributed by atoms with Gasteiger partial charge in [0.1, 0.15) is 5.82 Å². The molecule has 2 amide bonds. The highest BCUT2D eigenvalue weighted by molar-refractivity contribution is 5.83. The van der Waals surface area contributed by atoms with Crippen LogP contribution < -0.4 is 16.1 Å². The molecule has 0 radical (unpaired) electrons. The number of halogens is 1. The first-order valence-corrected chi connectivity index (χ1v) is 7.96. The van der Waals surface area contributed by atoms with Crippen LogP contribution in [0.1, 0.15) is 57.6 Å². The molecule has 1 aromatic rings. The molecule has 1 heterocycles. The maximum absolute atomic E-state index is 14.4. The molecule has 0 aliphatic carbocycles. The minimum absolute atomic E-state index is 0.00199. The van der Waals surface area contributed by atoms with Crippen LogP contribution in [-0.4, -0.2) is 24.3 Å². The zero-order chi connectivity index (χ0) is 17.2. The number of nitrogens with one attached hydrogen (secondary N) is 1. The largest absolute Gasteiger partial charge is 0.366 e. The summed E-state index contributed by atoms with van der Waals surface area (Å²) in [5, 5.41) is 3.66. The predicted molar refractivity (Wildman–Crippen MR) is 91.5 cm³/mol. The molecule has 126 valence electrons. The summed E-state index contributed by atoms with van der Waals surface area (Å²) in [6, 6.07) is 2.62. The number of nitrogens with two attached hydrogens (primary N) is 1. The van der Waals surface area contributed by atoms with E-state index >= 15 is 0 Å². The zero-order valence-electron chi connectivity index (χ0n) is 14.2. The van der Waals surface area contributed by atoms with Crippen LogP contribution in [0, 0.1) is 5.82 Å². The van der Waals surface area contributed by atoms with E-state index in [0.29, 0.717) is 11.5 Å². The van der Waals surface area contributed by atoms with Gasteiger partial charge >= 0.3 is 6.03 Å². The lowest BCUT2D eigenvalue weighted by molar-refractivity contribution is 0.249. The lowest BCUT2D eigenvalue weighted by Gasteiger charge is -2.47. The van der Waals surface area contributed by atoms with E-state index in [1.165, 1.54) is 6.21 Å². The van der Waals surface area contributed by atoms with Crippen molar-refractivity contribution in [1.29, 1.82) is 0 Å². The SMILES string of the molecule is CCCN1c2cc(F)c(/C=N\NC(N)=O)cc2C(C)CC1(C)C. The van der Waals surface area contributed by atoms with E-state index in [0.717, 1.165) is 30.6 Å². The fourth-order valence-corrected chi connectivity index (χ4v) is 3.43. The van der Waals surface area contributed by atoms with Gasteiger partial charge in [-0.25, -0.2) is 14.6 Å². The molecule has 1 aliphatic heterocycles. The standard InChI is InChI=1S/C17H25FN4O/c1-5-6-22-15-8-14(18)12(10-20-21-16(19)23)7-13(15)11(2)9-17(22,3)4/h7-8,10-11H,5-6,9H2,1-4H3,(H3,19,21,23)/b20-10-. The van der Waals surface area contributed by atoms with Crippen molar-refractivity contribution in [2.75, 3.05) is 11.4 Å². The molecule has 23 heavy (non-hydrogen) atoms. The second-order valence-corrected chi connectivity index (χ2v) is 6.74.